The van der Waals surface area contributed by atoms with Crippen LogP contribution in [0.3, 0.4) is 0 Å². The molecule has 4 heteroatoms. The molecule has 2 nitrogen and oxygen atoms in total. The third-order valence-corrected chi connectivity index (χ3v) is 5.25. The van der Waals surface area contributed by atoms with Crippen molar-refractivity contribution in [1.29, 1.82) is 0 Å². The minimum atomic E-state index is -0.173. The molecule has 0 aromatic heterocycles. The first kappa shape index (κ1) is 16.9. The molecule has 1 N–H and O–H groups in total. The summed E-state index contributed by atoms with van der Waals surface area (Å²) in [6.07, 6.45) is 1.08. The third-order valence-electron chi connectivity index (χ3n) is 4.79. The molecule has 2 rings (SSSR count). The molecular formula is C17H26BrFN2. The summed E-state index contributed by atoms with van der Waals surface area (Å²) >= 11 is 3.39. The molecule has 1 aromatic carbocycles. The summed E-state index contributed by atoms with van der Waals surface area (Å²) in [5.41, 5.74) is 1.16. The molecule has 2 unspecified atom stereocenters. The molecule has 0 bridgehead atoms. The van der Waals surface area contributed by atoms with Gasteiger partial charge in [0.2, 0.25) is 0 Å². The van der Waals surface area contributed by atoms with Crippen LogP contribution in [-0.2, 0) is 6.54 Å². The smallest absolute Gasteiger partial charge is 0.124 e. The standard InChI is InChI=1S/C17H26BrFN2/c1-5-17(4)11-20-16(12(2)3)10-21(17)9-13-6-14(18)8-15(19)7-13/h6-8,12,16,20H,5,9-11H2,1-4H3. The van der Waals surface area contributed by atoms with Gasteiger partial charge in [-0.3, -0.25) is 4.90 Å². The number of halogens is 2. The highest BCUT2D eigenvalue weighted by atomic mass is 79.9. The van der Waals surface area contributed by atoms with Crippen molar-refractivity contribution in [3.63, 3.8) is 0 Å². The van der Waals surface area contributed by atoms with Crippen LogP contribution < -0.4 is 5.32 Å². The molecule has 1 saturated heterocycles. The fourth-order valence-corrected chi connectivity index (χ4v) is 3.47. The number of nitrogens with one attached hydrogen (secondary N) is 1. The summed E-state index contributed by atoms with van der Waals surface area (Å²) in [6.45, 7) is 11.8. The predicted octanol–water partition coefficient (Wildman–Crippen LogP) is 4.19. The first-order chi connectivity index (χ1) is 9.84. The fraction of sp³-hybridized carbons (Fsp3) is 0.647. The van der Waals surface area contributed by atoms with Gasteiger partial charge in [0.05, 0.1) is 0 Å². The zero-order chi connectivity index (χ0) is 15.6. The Hall–Kier alpha value is -0.450. The molecule has 0 saturated carbocycles. The maximum Gasteiger partial charge on any atom is 0.124 e. The molecule has 0 amide bonds. The van der Waals surface area contributed by atoms with E-state index in [1.807, 2.05) is 6.07 Å². The lowest BCUT2D eigenvalue weighted by molar-refractivity contribution is 0.0316. The van der Waals surface area contributed by atoms with Crippen LogP contribution in [0.1, 0.15) is 39.7 Å². The molecule has 0 radical (unpaired) electrons. The van der Waals surface area contributed by atoms with Crippen LogP contribution in [0.2, 0.25) is 0 Å². The maximum atomic E-state index is 13.6. The highest BCUT2D eigenvalue weighted by Crippen LogP contribution is 2.27. The molecule has 21 heavy (non-hydrogen) atoms. The molecule has 1 heterocycles. The van der Waals surface area contributed by atoms with Crippen molar-refractivity contribution in [2.75, 3.05) is 13.1 Å². The van der Waals surface area contributed by atoms with Gasteiger partial charge in [0.25, 0.3) is 0 Å². The lowest BCUT2D eigenvalue weighted by Crippen LogP contribution is -2.63. The van der Waals surface area contributed by atoms with E-state index in [9.17, 15) is 4.39 Å². The van der Waals surface area contributed by atoms with Gasteiger partial charge in [0, 0.05) is 35.7 Å². The Morgan fingerprint density at radius 2 is 2.14 bits per heavy atom. The predicted molar refractivity (Wildman–Crippen MR) is 89.8 cm³/mol. The maximum absolute atomic E-state index is 13.6. The van der Waals surface area contributed by atoms with E-state index in [-0.39, 0.29) is 11.4 Å². The van der Waals surface area contributed by atoms with Gasteiger partial charge in [0.15, 0.2) is 0 Å². The van der Waals surface area contributed by atoms with Crippen LogP contribution in [0.4, 0.5) is 4.39 Å². The summed E-state index contributed by atoms with van der Waals surface area (Å²) in [5, 5.41) is 3.67. The van der Waals surface area contributed by atoms with Crippen molar-refractivity contribution in [2.24, 2.45) is 5.92 Å². The quantitative estimate of drug-likeness (QED) is 0.869. The summed E-state index contributed by atoms with van der Waals surface area (Å²) in [4.78, 5) is 2.51. The highest BCUT2D eigenvalue weighted by molar-refractivity contribution is 9.10. The van der Waals surface area contributed by atoms with E-state index in [2.05, 4.69) is 53.8 Å². The fourth-order valence-electron chi connectivity index (χ4n) is 2.96. The minimum Gasteiger partial charge on any atom is -0.311 e. The van der Waals surface area contributed by atoms with E-state index in [0.29, 0.717) is 12.0 Å². The molecule has 1 aliphatic rings. The number of hydrogen-bond acceptors (Lipinski definition) is 2. The number of nitrogens with zero attached hydrogens (tertiary/aromatic N) is 1. The number of hydrogen-bond donors (Lipinski definition) is 1. The van der Waals surface area contributed by atoms with E-state index < -0.39 is 0 Å². The number of benzene rings is 1. The van der Waals surface area contributed by atoms with Gasteiger partial charge < -0.3 is 5.32 Å². The Morgan fingerprint density at radius 3 is 2.71 bits per heavy atom. The normalized spacial score (nSPS) is 27.3. The van der Waals surface area contributed by atoms with Crippen molar-refractivity contribution >= 4 is 15.9 Å². The second-order valence-corrected chi connectivity index (χ2v) is 7.66. The number of rotatable bonds is 4. The zero-order valence-corrected chi connectivity index (χ0v) is 15.0. The van der Waals surface area contributed by atoms with E-state index in [1.165, 1.54) is 6.07 Å². The van der Waals surface area contributed by atoms with E-state index >= 15 is 0 Å². The molecule has 118 valence electrons. The molecule has 1 fully saturated rings. The second kappa shape index (κ2) is 6.76. The molecule has 0 spiro atoms. The Balaban J connectivity index is 2.20. The first-order valence-corrected chi connectivity index (χ1v) is 8.57. The Labute approximate surface area is 136 Å². The van der Waals surface area contributed by atoms with Crippen molar-refractivity contribution in [3.8, 4) is 0 Å². The minimum absolute atomic E-state index is 0.129. The first-order valence-electron chi connectivity index (χ1n) is 7.77. The Kier molecular flexibility index (Phi) is 5.44. The van der Waals surface area contributed by atoms with Gasteiger partial charge in [-0.2, -0.15) is 0 Å². The van der Waals surface area contributed by atoms with Crippen LogP contribution >= 0.6 is 15.9 Å². The number of piperazine rings is 1. The summed E-state index contributed by atoms with van der Waals surface area (Å²) in [5.74, 6) is 0.432. The molecule has 1 aromatic rings. The van der Waals surface area contributed by atoms with Gasteiger partial charge in [-0.1, -0.05) is 36.7 Å². The van der Waals surface area contributed by atoms with Crippen LogP contribution in [0.15, 0.2) is 22.7 Å². The van der Waals surface area contributed by atoms with E-state index in [0.717, 1.165) is 36.1 Å². The molecule has 0 aliphatic carbocycles. The van der Waals surface area contributed by atoms with Gasteiger partial charge in [-0.15, -0.1) is 0 Å². The van der Waals surface area contributed by atoms with Crippen molar-refractivity contribution in [1.82, 2.24) is 10.2 Å². The highest BCUT2D eigenvalue weighted by Gasteiger charge is 2.37. The van der Waals surface area contributed by atoms with E-state index in [1.54, 1.807) is 6.07 Å². The molecule has 1 aliphatic heterocycles. The monoisotopic (exact) mass is 356 g/mol. The topological polar surface area (TPSA) is 15.3 Å². The molecular weight excluding hydrogens is 331 g/mol. The van der Waals surface area contributed by atoms with Crippen molar-refractivity contribution < 1.29 is 4.39 Å². The largest absolute Gasteiger partial charge is 0.311 e. The van der Waals surface area contributed by atoms with Crippen LogP contribution in [0.25, 0.3) is 0 Å². The third kappa shape index (κ3) is 4.05. The van der Waals surface area contributed by atoms with Crippen molar-refractivity contribution in [2.45, 2.75) is 52.2 Å². The SMILES string of the molecule is CCC1(C)CNC(C(C)C)CN1Cc1cc(F)cc(Br)c1. The average Bonchev–Trinajstić information content (AvgIpc) is 2.40. The average molecular weight is 357 g/mol. The van der Waals surface area contributed by atoms with Crippen LogP contribution in [0, 0.1) is 11.7 Å². The lowest BCUT2D eigenvalue weighted by Gasteiger charge is -2.49. The van der Waals surface area contributed by atoms with Gasteiger partial charge in [-0.25, -0.2) is 4.39 Å². The summed E-state index contributed by atoms with van der Waals surface area (Å²) < 4.78 is 14.4. The zero-order valence-electron chi connectivity index (χ0n) is 13.4. The lowest BCUT2D eigenvalue weighted by atomic mass is 9.89. The van der Waals surface area contributed by atoms with Crippen LogP contribution in [0.5, 0.6) is 0 Å². The summed E-state index contributed by atoms with van der Waals surface area (Å²) in [6, 6.07) is 5.68. The van der Waals surface area contributed by atoms with Gasteiger partial charge >= 0.3 is 0 Å². The Morgan fingerprint density at radius 1 is 1.43 bits per heavy atom. The summed E-state index contributed by atoms with van der Waals surface area (Å²) in [7, 11) is 0. The van der Waals surface area contributed by atoms with Crippen LogP contribution in [-0.4, -0.2) is 29.6 Å². The van der Waals surface area contributed by atoms with Gasteiger partial charge in [-0.05, 0) is 43.0 Å². The Bertz CT molecular complexity index is 471. The second-order valence-electron chi connectivity index (χ2n) is 6.74. The van der Waals surface area contributed by atoms with Crippen molar-refractivity contribution in [3.05, 3.63) is 34.1 Å². The van der Waals surface area contributed by atoms with Gasteiger partial charge in [0.1, 0.15) is 5.82 Å². The van der Waals surface area contributed by atoms with E-state index in [4.69, 9.17) is 0 Å². The molecule has 2 atom stereocenters.